The number of benzene rings is 1. The summed E-state index contributed by atoms with van der Waals surface area (Å²) in [5.41, 5.74) is 1.06. The number of rotatable bonds is 3. The summed E-state index contributed by atoms with van der Waals surface area (Å²) in [5, 5.41) is 2.60. The number of nitrogens with zero attached hydrogens (tertiary/aromatic N) is 2. The van der Waals surface area contributed by atoms with Gasteiger partial charge in [-0.3, -0.25) is 10.3 Å². The third-order valence-corrected chi connectivity index (χ3v) is 3.19. The molecule has 0 saturated carbocycles. The highest BCUT2D eigenvalue weighted by Gasteiger charge is 2.29. The van der Waals surface area contributed by atoms with Crippen molar-refractivity contribution in [3.8, 4) is 5.75 Å². The van der Waals surface area contributed by atoms with E-state index in [1.807, 2.05) is 43.1 Å². The molecular formula is C14H19N3O3. The van der Waals surface area contributed by atoms with Gasteiger partial charge in [-0.1, -0.05) is 18.2 Å². The quantitative estimate of drug-likeness (QED) is 0.914. The molecule has 0 aliphatic carbocycles. The van der Waals surface area contributed by atoms with Crippen LogP contribution in [0.3, 0.4) is 0 Å². The minimum atomic E-state index is -0.519. The van der Waals surface area contributed by atoms with Crippen molar-refractivity contribution in [1.82, 2.24) is 10.2 Å². The van der Waals surface area contributed by atoms with Crippen molar-refractivity contribution < 1.29 is 14.3 Å². The number of carbonyl (C=O) groups is 1. The number of ether oxygens (including phenoxy) is 2. The van der Waals surface area contributed by atoms with Gasteiger partial charge in [0.05, 0.1) is 26.3 Å². The number of alkyl carbamates (subject to hydrolysis) is 1. The minimum Gasteiger partial charge on any atom is -0.494 e. The summed E-state index contributed by atoms with van der Waals surface area (Å²) in [7, 11) is 3.21. The lowest BCUT2D eigenvalue weighted by Gasteiger charge is -2.24. The smallest absolute Gasteiger partial charge is 0.413 e. The van der Waals surface area contributed by atoms with Gasteiger partial charge in [0.25, 0.3) is 0 Å². The fraction of sp³-hybridized carbons (Fsp3) is 0.429. The Bertz CT molecular complexity index is 516. The average Bonchev–Trinajstić information content (AvgIpc) is 2.81. The number of aliphatic imine (C=N–C) groups is 1. The Morgan fingerprint density at radius 3 is 2.95 bits per heavy atom. The van der Waals surface area contributed by atoms with Gasteiger partial charge in [0.1, 0.15) is 5.75 Å². The van der Waals surface area contributed by atoms with Crippen molar-refractivity contribution in [2.24, 2.45) is 4.99 Å². The van der Waals surface area contributed by atoms with Crippen molar-refractivity contribution in [2.45, 2.75) is 13.0 Å². The van der Waals surface area contributed by atoms with E-state index in [-0.39, 0.29) is 6.04 Å². The predicted molar refractivity (Wildman–Crippen MR) is 76.0 cm³/mol. The summed E-state index contributed by atoms with van der Waals surface area (Å²) in [6.07, 6.45) is -0.519. The lowest BCUT2D eigenvalue weighted by atomic mass is 10.1. The third kappa shape index (κ3) is 2.84. The first-order valence-corrected chi connectivity index (χ1v) is 6.51. The van der Waals surface area contributed by atoms with Crippen LogP contribution in [0.1, 0.15) is 18.5 Å². The van der Waals surface area contributed by atoms with Crippen LogP contribution in [0, 0.1) is 0 Å². The maximum atomic E-state index is 11.3. The van der Waals surface area contributed by atoms with E-state index < -0.39 is 6.09 Å². The molecule has 0 radical (unpaired) electrons. The fourth-order valence-electron chi connectivity index (χ4n) is 2.17. The largest absolute Gasteiger partial charge is 0.494 e. The lowest BCUT2D eigenvalue weighted by Crippen LogP contribution is -2.40. The van der Waals surface area contributed by atoms with E-state index in [0.29, 0.717) is 19.1 Å². The molecule has 6 heteroatoms. The highest BCUT2D eigenvalue weighted by Crippen LogP contribution is 2.31. The van der Waals surface area contributed by atoms with E-state index in [9.17, 15) is 4.79 Å². The van der Waals surface area contributed by atoms with Crippen LogP contribution >= 0.6 is 0 Å². The topological polar surface area (TPSA) is 63.2 Å². The number of methoxy groups -OCH3 is 1. The van der Waals surface area contributed by atoms with Gasteiger partial charge in [-0.25, -0.2) is 4.79 Å². The zero-order valence-electron chi connectivity index (χ0n) is 11.9. The lowest BCUT2D eigenvalue weighted by molar-refractivity contribution is 0.175. The maximum Gasteiger partial charge on any atom is 0.413 e. The van der Waals surface area contributed by atoms with Crippen LogP contribution in [0.2, 0.25) is 0 Å². The molecule has 1 heterocycles. The monoisotopic (exact) mass is 277 g/mol. The fourth-order valence-corrected chi connectivity index (χ4v) is 2.17. The Kier molecular flexibility index (Phi) is 4.45. The van der Waals surface area contributed by atoms with Crippen LogP contribution in [0.25, 0.3) is 0 Å². The number of amides is 1. The van der Waals surface area contributed by atoms with E-state index in [1.54, 1.807) is 0 Å². The molecule has 1 aromatic carbocycles. The molecule has 0 bridgehead atoms. The summed E-state index contributed by atoms with van der Waals surface area (Å²) in [5.74, 6) is 1.36. The molecule has 0 fully saturated rings. The zero-order valence-corrected chi connectivity index (χ0v) is 11.9. The normalized spacial score (nSPS) is 17.6. The summed E-state index contributed by atoms with van der Waals surface area (Å²) >= 11 is 0. The SMILES string of the molecule is CCOc1ccccc1C1CN=C(NC(=O)OC)N1C. The van der Waals surface area contributed by atoms with Gasteiger partial charge < -0.3 is 14.4 Å². The van der Waals surface area contributed by atoms with Gasteiger partial charge in [0.2, 0.25) is 5.96 Å². The van der Waals surface area contributed by atoms with Gasteiger partial charge in [-0.05, 0) is 13.0 Å². The number of hydrogen-bond acceptors (Lipinski definition) is 5. The Morgan fingerprint density at radius 1 is 1.50 bits per heavy atom. The Hall–Kier alpha value is -2.24. The molecular weight excluding hydrogens is 258 g/mol. The van der Waals surface area contributed by atoms with Crippen LogP contribution in [0.4, 0.5) is 4.79 Å². The van der Waals surface area contributed by atoms with Crippen LogP contribution in [0.15, 0.2) is 29.3 Å². The first-order valence-electron chi connectivity index (χ1n) is 6.51. The van der Waals surface area contributed by atoms with E-state index in [4.69, 9.17) is 4.74 Å². The predicted octanol–water partition coefficient (Wildman–Crippen LogP) is 1.78. The molecule has 1 aliphatic rings. The van der Waals surface area contributed by atoms with E-state index in [0.717, 1.165) is 11.3 Å². The summed E-state index contributed by atoms with van der Waals surface area (Å²) in [6.45, 7) is 3.14. The molecule has 1 N–H and O–H groups in total. The number of para-hydroxylation sites is 1. The van der Waals surface area contributed by atoms with Crippen LogP contribution < -0.4 is 10.1 Å². The summed E-state index contributed by atoms with van der Waals surface area (Å²) < 4.78 is 10.2. The van der Waals surface area contributed by atoms with E-state index in [1.165, 1.54) is 7.11 Å². The zero-order chi connectivity index (χ0) is 14.5. The van der Waals surface area contributed by atoms with Gasteiger partial charge in [-0.15, -0.1) is 0 Å². The van der Waals surface area contributed by atoms with Gasteiger partial charge in [0, 0.05) is 12.6 Å². The van der Waals surface area contributed by atoms with Gasteiger partial charge >= 0.3 is 6.09 Å². The molecule has 108 valence electrons. The number of carbonyl (C=O) groups excluding carboxylic acids is 1. The second-order valence-electron chi connectivity index (χ2n) is 4.38. The Balaban J connectivity index is 2.15. The number of guanidine groups is 1. The molecule has 1 unspecified atom stereocenters. The maximum absolute atomic E-state index is 11.3. The van der Waals surface area contributed by atoms with Gasteiger partial charge in [-0.2, -0.15) is 0 Å². The standard InChI is InChI=1S/C14H19N3O3/c1-4-20-12-8-6-5-7-10(12)11-9-15-13(17(11)2)16-14(18)19-3/h5-8,11H,4,9H2,1-3H3,(H,15,16,18). The van der Waals surface area contributed by atoms with E-state index in [2.05, 4.69) is 15.0 Å². The average molecular weight is 277 g/mol. The molecule has 1 aliphatic heterocycles. The highest BCUT2D eigenvalue weighted by atomic mass is 16.5. The summed E-state index contributed by atoms with van der Waals surface area (Å²) in [6, 6.07) is 7.92. The van der Waals surface area contributed by atoms with Crippen molar-refractivity contribution in [3.05, 3.63) is 29.8 Å². The molecule has 0 spiro atoms. The van der Waals surface area contributed by atoms with Crippen molar-refractivity contribution in [2.75, 3.05) is 27.3 Å². The van der Waals surface area contributed by atoms with Crippen molar-refractivity contribution in [3.63, 3.8) is 0 Å². The second-order valence-corrected chi connectivity index (χ2v) is 4.38. The minimum absolute atomic E-state index is 0.0462. The van der Waals surface area contributed by atoms with Crippen LogP contribution in [0.5, 0.6) is 5.75 Å². The van der Waals surface area contributed by atoms with Crippen molar-refractivity contribution >= 4 is 12.1 Å². The molecule has 20 heavy (non-hydrogen) atoms. The highest BCUT2D eigenvalue weighted by molar-refractivity contribution is 5.94. The molecule has 1 aromatic rings. The Morgan fingerprint density at radius 2 is 2.25 bits per heavy atom. The number of likely N-dealkylation sites (N-methyl/N-ethyl adjacent to an activating group) is 1. The van der Waals surface area contributed by atoms with Crippen LogP contribution in [-0.2, 0) is 4.74 Å². The number of nitrogens with one attached hydrogen (secondary N) is 1. The van der Waals surface area contributed by atoms with Gasteiger partial charge in [0.15, 0.2) is 0 Å². The molecule has 0 saturated heterocycles. The first-order chi connectivity index (χ1) is 9.67. The molecule has 1 amide bonds. The molecule has 6 nitrogen and oxygen atoms in total. The Labute approximate surface area is 118 Å². The second kappa shape index (κ2) is 6.27. The third-order valence-electron chi connectivity index (χ3n) is 3.19. The molecule has 1 atom stereocenters. The molecule has 2 rings (SSSR count). The summed E-state index contributed by atoms with van der Waals surface area (Å²) in [4.78, 5) is 17.5. The molecule has 0 aromatic heterocycles. The first kappa shape index (κ1) is 14.2. The van der Waals surface area contributed by atoms with E-state index >= 15 is 0 Å². The van der Waals surface area contributed by atoms with Crippen molar-refractivity contribution in [1.29, 1.82) is 0 Å². The van der Waals surface area contributed by atoms with Crippen LogP contribution in [-0.4, -0.2) is 44.3 Å². The number of hydrogen-bond donors (Lipinski definition) is 1.